The molecule has 1 N–H and O–H groups in total. The molecule has 0 spiro atoms. The number of aryl methyl sites for hydroxylation is 1. The maximum atomic E-state index is 13.9. The smallest absolute Gasteiger partial charge is 0.250 e. The van der Waals surface area contributed by atoms with E-state index in [4.69, 9.17) is 9.83 Å². The number of hydrogen-bond acceptors (Lipinski definition) is 5. The Bertz CT molecular complexity index is 965. The third kappa shape index (κ3) is 3.31. The molecule has 0 bridgehead atoms. The molecule has 1 unspecified atom stereocenters. The summed E-state index contributed by atoms with van der Waals surface area (Å²) in [4.78, 5) is 12.7. The van der Waals surface area contributed by atoms with E-state index in [-0.39, 0.29) is 28.8 Å². The van der Waals surface area contributed by atoms with E-state index >= 15 is 0 Å². The zero-order valence-corrected chi connectivity index (χ0v) is 14.5. The third-order valence-corrected chi connectivity index (χ3v) is 4.23. The number of aromatic nitrogens is 2. The minimum atomic E-state index is -0.643. The van der Waals surface area contributed by atoms with Gasteiger partial charge in [-0.3, -0.25) is 4.79 Å². The monoisotopic (exact) mass is 351 g/mol. The minimum absolute atomic E-state index is 0.0349. The van der Waals surface area contributed by atoms with Gasteiger partial charge in [0.2, 0.25) is 11.7 Å². The summed E-state index contributed by atoms with van der Waals surface area (Å²) in [6, 6.07) is 13.2. The highest BCUT2D eigenvalue weighted by Crippen LogP contribution is 2.27. The van der Waals surface area contributed by atoms with Crippen molar-refractivity contribution in [2.24, 2.45) is 0 Å². The fourth-order valence-corrected chi connectivity index (χ4v) is 2.75. The second kappa shape index (κ2) is 7.39. The normalized spacial score (nSPS) is 12.0. The van der Waals surface area contributed by atoms with Gasteiger partial charge in [-0.2, -0.15) is 0 Å². The number of benzene rings is 2. The van der Waals surface area contributed by atoms with E-state index in [1.807, 2.05) is 26.0 Å². The summed E-state index contributed by atoms with van der Waals surface area (Å²) < 4.78 is 19.5. The number of nitrogens with one attached hydrogen (secondary N) is 1. The molecule has 1 atom stereocenters. The molecule has 5 nitrogen and oxygen atoms in total. The standard InChI is InChI=1S/C20H18FN3O2/c1-3-13(17(22)18(25)14-9-5-4-8-12(14)2)19-23-24-20(26-19)15-10-6-7-11-16(15)21/h4-11,13,22H,3H2,1-2H3. The largest absolute Gasteiger partial charge is 0.420 e. The summed E-state index contributed by atoms with van der Waals surface area (Å²) in [6.07, 6.45) is 0.440. The molecule has 3 aromatic rings. The van der Waals surface area contributed by atoms with Crippen LogP contribution in [0.4, 0.5) is 4.39 Å². The molecule has 2 aromatic carbocycles. The van der Waals surface area contributed by atoms with Gasteiger partial charge >= 0.3 is 0 Å². The molecule has 1 heterocycles. The molecule has 26 heavy (non-hydrogen) atoms. The van der Waals surface area contributed by atoms with Gasteiger partial charge in [0.15, 0.2) is 0 Å². The Morgan fingerprint density at radius 2 is 1.85 bits per heavy atom. The van der Waals surface area contributed by atoms with E-state index in [1.54, 1.807) is 24.3 Å². The number of rotatable bonds is 6. The van der Waals surface area contributed by atoms with Crippen molar-refractivity contribution in [3.63, 3.8) is 0 Å². The van der Waals surface area contributed by atoms with Crippen molar-refractivity contribution in [3.05, 3.63) is 71.4 Å². The zero-order valence-electron chi connectivity index (χ0n) is 14.5. The molecule has 0 radical (unpaired) electrons. The quantitative estimate of drug-likeness (QED) is 0.521. The Labute approximate surface area is 150 Å². The summed E-state index contributed by atoms with van der Waals surface area (Å²) >= 11 is 0. The predicted molar refractivity (Wildman–Crippen MR) is 96.0 cm³/mol. The summed E-state index contributed by atoms with van der Waals surface area (Å²) in [5.74, 6) is -1.32. The minimum Gasteiger partial charge on any atom is -0.420 e. The Morgan fingerprint density at radius 1 is 1.15 bits per heavy atom. The van der Waals surface area contributed by atoms with Crippen LogP contribution in [0.2, 0.25) is 0 Å². The average Bonchev–Trinajstić information content (AvgIpc) is 3.12. The van der Waals surface area contributed by atoms with Gasteiger partial charge in [-0.15, -0.1) is 10.2 Å². The first-order chi connectivity index (χ1) is 12.5. The number of Topliss-reactive ketones (excluding diaryl/α,β-unsaturated/α-hetero) is 1. The lowest BCUT2D eigenvalue weighted by Crippen LogP contribution is -2.22. The number of nitrogens with zero attached hydrogens (tertiary/aromatic N) is 2. The predicted octanol–water partition coefficient (Wildman–Crippen LogP) is 4.58. The number of carbonyl (C=O) groups is 1. The van der Waals surface area contributed by atoms with Crippen molar-refractivity contribution in [1.82, 2.24) is 10.2 Å². The average molecular weight is 351 g/mol. The highest BCUT2D eigenvalue weighted by Gasteiger charge is 2.28. The van der Waals surface area contributed by atoms with Gasteiger partial charge in [-0.1, -0.05) is 43.3 Å². The van der Waals surface area contributed by atoms with Crippen LogP contribution in [-0.2, 0) is 0 Å². The number of ketones is 1. The molecule has 0 fully saturated rings. The first-order valence-electron chi connectivity index (χ1n) is 8.30. The molecule has 132 valence electrons. The van der Waals surface area contributed by atoms with Crippen molar-refractivity contribution in [3.8, 4) is 11.5 Å². The molecule has 0 saturated carbocycles. The Hall–Kier alpha value is -3.15. The second-order valence-corrected chi connectivity index (χ2v) is 5.94. The van der Waals surface area contributed by atoms with Crippen molar-refractivity contribution in [1.29, 1.82) is 5.41 Å². The molecular formula is C20H18FN3O2. The first kappa shape index (κ1) is 17.7. The van der Waals surface area contributed by atoms with Crippen molar-refractivity contribution < 1.29 is 13.6 Å². The Morgan fingerprint density at radius 3 is 2.54 bits per heavy atom. The van der Waals surface area contributed by atoms with Crippen LogP contribution in [0, 0.1) is 18.2 Å². The first-order valence-corrected chi connectivity index (χ1v) is 8.30. The summed E-state index contributed by atoms with van der Waals surface area (Å²) in [5.41, 5.74) is 1.35. The highest BCUT2D eigenvalue weighted by molar-refractivity contribution is 6.46. The molecule has 0 aliphatic carbocycles. The molecule has 6 heteroatoms. The van der Waals surface area contributed by atoms with Crippen molar-refractivity contribution >= 4 is 11.5 Å². The van der Waals surface area contributed by atoms with Gasteiger partial charge in [-0.25, -0.2) is 4.39 Å². The number of hydrogen-bond donors (Lipinski definition) is 1. The molecule has 3 rings (SSSR count). The van der Waals surface area contributed by atoms with Gasteiger partial charge in [-0.05, 0) is 31.0 Å². The van der Waals surface area contributed by atoms with E-state index < -0.39 is 11.7 Å². The number of halogens is 1. The molecular weight excluding hydrogens is 333 g/mol. The van der Waals surface area contributed by atoms with Crippen molar-refractivity contribution in [2.75, 3.05) is 0 Å². The van der Waals surface area contributed by atoms with E-state index in [0.717, 1.165) is 5.56 Å². The van der Waals surface area contributed by atoms with Crippen LogP contribution in [0.5, 0.6) is 0 Å². The maximum absolute atomic E-state index is 13.9. The summed E-state index contributed by atoms with van der Waals surface area (Å²) in [5, 5.41) is 16.2. The lowest BCUT2D eigenvalue weighted by molar-refractivity contribution is 0.106. The van der Waals surface area contributed by atoms with Crippen LogP contribution in [0.1, 0.15) is 41.1 Å². The fourth-order valence-electron chi connectivity index (χ4n) is 2.75. The molecule has 1 aromatic heterocycles. The van der Waals surface area contributed by atoms with Gasteiger partial charge < -0.3 is 9.83 Å². The van der Waals surface area contributed by atoms with Gasteiger partial charge in [0.25, 0.3) is 5.89 Å². The molecule has 0 saturated heterocycles. The van der Waals surface area contributed by atoms with E-state index in [9.17, 15) is 9.18 Å². The Kier molecular flexibility index (Phi) is 5.02. The molecule has 0 aliphatic heterocycles. The second-order valence-electron chi connectivity index (χ2n) is 5.94. The fraction of sp³-hybridized carbons (Fsp3) is 0.200. The Balaban J connectivity index is 1.90. The zero-order chi connectivity index (χ0) is 18.7. The molecule has 0 aliphatic rings. The molecule has 0 amide bonds. The van der Waals surface area contributed by atoms with Crippen LogP contribution >= 0.6 is 0 Å². The summed E-state index contributed by atoms with van der Waals surface area (Å²) in [7, 11) is 0. The highest BCUT2D eigenvalue weighted by atomic mass is 19.1. The van der Waals surface area contributed by atoms with Crippen LogP contribution < -0.4 is 0 Å². The van der Waals surface area contributed by atoms with Crippen LogP contribution in [0.25, 0.3) is 11.5 Å². The summed E-state index contributed by atoms with van der Waals surface area (Å²) in [6.45, 7) is 3.65. The SMILES string of the molecule is CCC(C(=N)C(=O)c1ccccc1C)c1nnc(-c2ccccc2F)o1. The topological polar surface area (TPSA) is 79.8 Å². The van der Waals surface area contributed by atoms with Gasteiger partial charge in [0, 0.05) is 5.56 Å². The van der Waals surface area contributed by atoms with Crippen LogP contribution in [-0.4, -0.2) is 21.7 Å². The van der Waals surface area contributed by atoms with Crippen LogP contribution in [0.3, 0.4) is 0 Å². The van der Waals surface area contributed by atoms with E-state index in [0.29, 0.717) is 12.0 Å². The lowest BCUT2D eigenvalue weighted by atomic mass is 9.92. The number of carbonyl (C=O) groups excluding carboxylic acids is 1. The van der Waals surface area contributed by atoms with Crippen LogP contribution in [0.15, 0.2) is 52.9 Å². The van der Waals surface area contributed by atoms with E-state index in [1.165, 1.54) is 12.1 Å². The van der Waals surface area contributed by atoms with Gasteiger partial charge in [0.05, 0.1) is 17.2 Å². The lowest BCUT2D eigenvalue weighted by Gasteiger charge is -2.12. The van der Waals surface area contributed by atoms with Gasteiger partial charge in [0.1, 0.15) is 5.82 Å². The maximum Gasteiger partial charge on any atom is 0.250 e. The van der Waals surface area contributed by atoms with Crippen molar-refractivity contribution in [2.45, 2.75) is 26.2 Å². The third-order valence-electron chi connectivity index (χ3n) is 4.23. The van der Waals surface area contributed by atoms with E-state index in [2.05, 4.69) is 10.2 Å².